The average Bonchev–Trinajstić information content (AvgIpc) is 3.46. The summed E-state index contributed by atoms with van der Waals surface area (Å²) in [5.41, 5.74) is 5.23. The van der Waals surface area contributed by atoms with Crippen LogP contribution >= 0.6 is 11.6 Å². The van der Waals surface area contributed by atoms with Gasteiger partial charge in [0.25, 0.3) is 5.91 Å². The first-order valence-electron chi connectivity index (χ1n) is 9.07. The molecule has 0 bridgehead atoms. The molecule has 2 aromatic heterocycles. The second kappa shape index (κ2) is 9.11. The van der Waals surface area contributed by atoms with Crippen LogP contribution in [0.15, 0.2) is 82.5 Å². The second-order valence-electron chi connectivity index (χ2n) is 6.32. The largest absolute Gasteiger partial charge is 0.489 e. The molecule has 0 aliphatic rings. The third-order valence-corrected chi connectivity index (χ3v) is 4.44. The van der Waals surface area contributed by atoms with E-state index in [0.29, 0.717) is 28.8 Å². The van der Waals surface area contributed by atoms with Crippen LogP contribution in [0.3, 0.4) is 0 Å². The van der Waals surface area contributed by atoms with E-state index in [9.17, 15) is 4.79 Å². The van der Waals surface area contributed by atoms with E-state index < -0.39 is 5.91 Å². The van der Waals surface area contributed by atoms with Crippen LogP contribution in [-0.4, -0.2) is 22.3 Å². The van der Waals surface area contributed by atoms with Crippen molar-refractivity contribution < 1.29 is 13.9 Å². The van der Waals surface area contributed by atoms with E-state index >= 15 is 0 Å². The van der Waals surface area contributed by atoms with Gasteiger partial charge in [0.1, 0.15) is 23.8 Å². The third-order valence-electron chi connectivity index (χ3n) is 4.19. The standard InChI is InChI=1S/C22H17ClN4O3/c23-17-7-3-15(4-8-17)14-30-18-9-5-16(6-10-18)20-12-21(26-25-20)22(28)27-24-13-19-2-1-11-29-19/h1-13H,14H2,(H,25,26)(H,27,28)/b24-13-. The van der Waals surface area contributed by atoms with Crippen molar-refractivity contribution in [3.8, 4) is 17.0 Å². The number of furan rings is 1. The fourth-order valence-corrected chi connectivity index (χ4v) is 2.76. The van der Waals surface area contributed by atoms with E-state index in [2.05, 4.69) is 20.7 Å². The molecule has 7 nitrogen and oxygen atoms in total. The summed E-state index contributed by atoms with van der Waals surface area (Å²) in [5.74, 6) is 0.868. The lowest BCUT2D eigenvalue weighted by Crippen LogP contribution is -2.17. The van der Waals surface area contributed by atoms with Crippen molar-refractivity contribution in [2.75, 3.05) is 0 Å². The van der Waals surface area contributed by atoms with Gasteiger partial charge in [0.2, 0.25) is 0 Å². The molecule has 2 N–H and O–H groups in total. The first-order valence-corrected chi connectivity index (χ1v) is 9.45. The van der Waals surface area contributed by atoms with Crippen molar-refractivity contribution >= 4 is 23.7 Å². The van der Waals surface area contributed by atoms with Crippen molar-refractivity contribution in [1.82, 2.24) is 15.6 Å². The molecule has 1 amide bonds. The van der Waals surface area contributed by atoms with E-state index in [1.54, 1.807) is 18.2 Å². The number of hydrazone groups is 1. The minimum Gasteiger partial charge on any atom is -0.489 e. The minimum atomic E-state index is -0.403. The Labute approximate surface area is 177 Å². The quantitative estimate of drug-likeness (QED) is 0.336. The molecule has 2 aromatic carbocycles. The lowest BCUT2D eigenvalue weighted by molar-refractivity contribution is 0.0950. The first-order chi connectivity index (χ1) is 14.7. The van der Waals surface area contributed by atoms with Crippen LogP contribution in [0.4, 0.5) is 0 Å². The maximum atomic E-state index is 12.2. The summed E-state index contributed by atoms with van der Waals surface area (Å²) in [4.78, 5) is 12.2. The van der Waals surface area contributed by atoms with Crippen LogP contribution in [0.2, 0.25) is 5.02 Å². The SMILES string of the molecule is O=C(N/N=C\c1ccco1)c1cc(-c2ccc(OCc3ccc(Cl)cc3)cc2)n[nH]1. The van der Waals surface area contributed by atoms with Crippen LogP contribution in [0.1, 0.15) is 21.8 Å². The van der Waals surface area contributed by atoms with Crippen LogP contribution in [-0.2, 0) is 6.61 Å². The lowest BCUT2D eigenvalue weighted by atomic mass is 10.1. The zero-order chi connectivity index (χ0) is 20.8. The number of nitrogens with zero attached hydrogens (tertiary/aromatic N) is 2. The van der Waals surface area contributed by atoms with Crippen molar-refractivity contribution in [3.63, 3.8) is 0 Å². The van der Waals surface area contributed by atoms with Gasteiger partial charge in [-0.15, -0.1) is 0 Å². The van der Waals surface area contributed by atoms with Gasteiger partial charge in [-0.25, -0.2) is 5.43 Å². The van der Waals surface area contributed by atoms with Gasteiger partial charge in [-0.05, 0) is 60.2 Å². The Balaban J connectivity index is 1.34. The van der Waals surface area contributed by atoms with Crippen molar-refractivity contribution in [3.05, 3.63) is 95.0 Å². The number of aromatic nitrogens is 2. The fraction of sp³-hybridized carbons (Fsp3) is 0.0455. The number of amides is 1. The Morgan fingerprint density at radius 1 is 1.17 bits per heavy atom. The van der Waals surface area contributed by atoms with Crippen LogP contribution < -0.4 is 10.2 Å². The summed E-state index contributed by atoms with van der Waals surface area (Å²) in [6.07, 6.45) is 2.94. The molecule has 0 radical (unpaired) electrons. The maximum Gasteiger partial charge on any atom is 0.289 e. The highest BCUT2D eigenvalue weighted by atomic mass is 35.5. The Morgan fingerprint density at radius 3 is 2.70 bits per heavy atom. The lowest BCUT2D eigenvalue weighted by Gasteiger charge is -2.07. The topological polar surface area (TPSA) is 92.5 Å². The zero-order valence-corrected chi connectivity index (χ0v) is 16.5. The predicted octanol–water partition coefficient (Wildman–Crippen LogP) is 4.67. The molecule has 0 aliphatic carbocycles. The first kappa shape index (κ1) is 19.5. The molecule has 2 heterocycles. The van der Waals surface area contributed by atoms with Gasteiger partial charge < -0.3 is 9.15 Å². The normalized spacial score (nSPS) is 11.0. The molecular formula is C22H17ClN4O3. The van der Waals surface area contributed by atoms with Crippen molar-refractivity contribution in [2.45, 2.75) is 6.61 Å². The molecule has 0 saturated heterocycles. The van der Waals surface area contributed by atoms with E-state index in [1.807, 2.05) is 48.5 Å². The highest BCUT2D eigenvalue weighted by molar-refractivity contribution is 6.30. The molecule has 4 aromatic rings. The molecule has 0 fully saturated rings. The summed E-state index contributed by atoms with van der Waals surface area (Å²) in [7, 11) is 0. The van der Waals surface area contributed by atoms with E-state index in [0.717, 1.165) is 16.9 Å². The number of carbonyl (C=O) groups excluding carboxylic acids is 1. The van der Waals surface area contributed by atoms with E-state index in [-0.39, 0.29) is 0 Å². The number of carbonyl (C=O) groups is 1. The number of ether oxygens (including phenoxy) is 1. The number of nitrogens with one attached hydrogen (secondary N) is 2. The van der Waals surface area contributed by atoms with Crippen molar-refractivity contribution in [1.29, 1.82) is 0 Å². The molecular weight excluding hydrogens is 404 g/mol. The number of rotatable bonds is 7. The zero-order valence-electron chi connectivity index (χ0n) is 15.7. The molecule has 0 atom stereocenters. The number of aromatic amines is 1. The molecule has 0 aliphatic heterocycles. The number of hydrogen-bond donors (Lipinski definition) is 2. The number of halogens is 1. The average molecular weight is 421 g/mol. The van der Waals surface area contributed by atoms with Crippen LogP contribution in [0.5, 0.6) is 5.75 Å². The Morgan fingerprint density at radius 2 is 1.97 bits per heavy atom. The Kier molecular flexibility index (Phi) is 5.91. The monoisotopic (exact) mass is 420 g/mol. The molecule has 0 saturated carbocycles. The van der Waals surface area contributed by atoms with Gasteiger partial charge >= 0.3 is 0 Å². The highest BCUT2D eigenvalue weighted by Gasteiger charge is 2.10. The van der Waals surface area contributed by atoms with Gasteiger partial charge in [0.15, 0.2) is 0 Å². The summed E-state index contributed by atoms with van der Waals surface area (Å²) in [6, 6.07) is 20.1. The second-order valence-corrected chi connectivity index (χ2v) is 6.76. The summed E-state index contributed by atoms with van der Waals surface area (Å²) < 4.78 is 10.9. The van der Waals surface area contributed by atoms with Gasteiger partial charge in [-0.3, -0.25) is 9.89 Å². The van der Waals surface area contributed by atoms with Crippen LogP contribution in [0.25, 0.3) is 11.3 Å². The predicted molar refractivity (Wildman–Crippen MR) is 114 cm³/mol. The van der Waals surface area contributed by atoms with Gasteiger partial charge in [0, 0.05) is 10.6 Å². The highest BCUT2D eigenvalue weighted by Crippen LogP contribution is 2.22. The number of H-pyrrole nitrogens is 1. The fourth-order valence-electron chi connectivity index (χ4n) is 2.63. The molecule has 0 spiro atoms. The summed E-state index contributed by atoms with van der Waals surface area (Å²) in [5, 5.41) is 11.4. The summed E-state index contributed by atoms with van der Waals surface area (Å²) >= 11 is 5.89. The number of hydrogen-bond acceptors (Lipinski definition) is 5. The van der Waals surface area contributed by atoms with Crippen molar-refractivity contribution in [2.24, 2.45) is 5.10 Å². The number of benzene rings is 2. The molecule has 0 unspecified atom stereocenters. The Hall–Kier alpha value is -3.84. The van der Waals surface area contributed by atoms with Gasteiger partial charge in [-0.1, -0.05) is 23.7 Å². The van der Waals surface area contributed by atoms with Gasteiger partial charge in [-0.2, -0.15) is 10.2 Å². The van der Waals surface area contributed by atoms with Crippen LogP contribution in [0, 0.1) is 0 Å². The molecule has 4 rings (SSSR count). The maximum absolute atomic E-state index is 12.2. The molecule has 30 heavy (non-hydrogen) atoms. The Bertz CT molecular complexity index is 1130. The molecule has 150 valence electrons. The van der Waals surface area contributed by atoms with E-state index in [1.165, 1.54) is 12.5 Å². The summed E-state index contributed by atoms with van der Waals surface area (Å²) in [6.45, 7) is 0.446. The molecule has 8 heteroatoms. The van der Waals surface area contributed by atoms with E-state index in [4.69, 9.17) is 20.8 Å². The smallest absolute Gasteiger partial charge is 0.289 e. The minimum absolute atomic E-state index is 0.296. The van der Waals surface area contributed by atoms with Gasteiger partial charge in [0.05, 0.1) is 18.2 Å². The third kappa shape index (κ3) is 4.95.